The van der Waals surface area contributed by atoms with Gasteiger partial charge in [0.1, 0.15) is 0 Å². The second-order valence-electron chi connectivity index (χ2n) is 6.32. The number of hydrogen-bond donors (Lipinski definition) is 1. The molecule has 4 aromatic rings. The molecule has 4 aromatic carbocycles. The smallest absolute Gasteiger partial charge is 0.336 e. The first kappa shape index (κ1) is 16.7. The first-order chi connectivity index (χ1) is 13.1. The molecule has 3 heteroatoms. The number of benzene rings is 4. The van der Waals surface area contributed by atoms with E-state index < -0.39 is 5.97 Å². The van der Waals surface area contributed by atoms with Gasteiger partial charge in [-0.2, -0.15) is 0 Å². The quantitative estimate of drug-likeness (QED) is 0.498. The van der Waals surface area contributed by atoms with E-state index in [-0.39, 0.29) is 16.9 Å². The molecule has 0 amide bonds. The lowest BCUT2D eigenvalue weighted by Gasteiger charge is -2.07. The van der Waals surface area contributed by atoms with Crippen LogP contribution < -0.4 is 0 Å². The van der Waals surface area contributed by atoms with Gasteiger partial charge in [-0.1, -0.05) is 78.9 Å². The Labute approximate surface area is 156 Å². The maximum atomic E-state index is 12.7. The highest BCUT2D eigenvalue weighted by molar-refractivity contribution is 6.14. The summed E-state index contributed by atoms with van der Waals surface area (Å²) in [4.78, 5) is 24.1. The molecule has 0 saturated heterocycles. The van der Waals surface area contributed by atoms with Gasteiger partial charge >= 0.3 is 5.97 Å². The van der Waals surface area contributed by atoms with E-state index in [1.807, 2.05) is 24.3 Å². The van der Waals surface area contributed by atoms with Crippen molar-refractivity contribution in [2.75, 3.05) is 0 Å². The number of carbonyl (C=O) groups is 2. The summed E-state index contributed by atoms with van der Waals surface area (Å²) < 4.78 is 0. The molecule has 0 aliphatic heterocycles. The third kappa shape index (κ3) is 3.23. The molecular weight excluding hydrogens is 336 g/mol. The van der Waals surface area contributed by atoms with Gasteiger partial charge in [0.15, 0.2) is 5.78 Å². The monoisotopic (exact) mass is 352 g/mol. The van der Waals surface area contributed by atoms with Crippen molar-refractivity contribution >= 4 is 22.5 Å². The van der Waals surface area contributed by atoms with Crippen molar-refractivity contribution in [1.29, 1.82) is 0 Å². The van der Waals surface area contributed by atoms with E-state index in [1.54, 1.807) is 30.3 Å². The Morgan fingerprint density at radius 3 is 1.89 bits per heavy atom. The highest BCUT2D eigenvalue weighted by Gasteiger charge is 2.17. The van der Waals surface area contributed by atoms with Gasteiger partial charge in [-0.15, -0.1) is 0 Å². The molecule has 0 spiro atoms. The molecule has 0 saturated carbocycles. The minimum atomic E-state index is -1.10. The summed E-state index contributed by atoms with van der Waals surface area (Å²) in [6.07, 6.45) is 0. The summed E-state index contributed by atoms with van der Waals surface area (Å²) in [6.45, 7) is 0. The fraction of sp³-hybridized carbons (Fsp3) is 0. The molecule has 27 heavy (non-hydrogen) atoms. The van der Waals surface area contributed by atoms with Crippen molar-refractivity contribution in [2.45, 2.75) is 0 Å². The minimum absolute atomic E-state index is 0.0149. The number of carboxylic acid groups (broad SMARTS) is 1. The Hall–Kier alpha value is -3.72. The number of rotatable bonds is 4. The van der Waals surface area contributed by atoms with Gasteiger partial charge in [-0.05, 0) is 34.0 Å². The Balaban J connectivity index is 1.67. The standard InChI is InChI=1S/C24H16O3/c25-23(21-7-3-4-8-22(21)24(26)27)18-12-9-17(10-13-18)20-14-11-16-5-1-2-6-19(16)15-20/h1-15H,(H,26,27). The van der Waals surface area contributed by atoms with Crippen molar-refractivity contribution in [2.24, 2.45) is 0 Å². The van der Waals surface area contributed by atoms with Gasteiger partial charge in [-0.3, -0.25) is 4.79 Å². The van der Waals surface area contributed by atoms with E-state index in [9.17, 15) is 14.7 Å². The maximum Gasteiger partial charge on any atom is 0.336 e. The molecular formula is C24H16O3. The summed E-state index contributed by atoms with van der Waals surface area (Å²) in [5.41, 5.74) is 2.75. The molecule has 0 bridgehead atoms. The van der Waals surface area contributed by atoms with Crippen LogP contribution in [0.25, 0.3) is 21.9 Å². The van der Waals surface area contributed by atoms with Crippen molar-refractivity contribution < 1.29 is 14.7 Å². The lowest BCUT2D eigenvalue weighted by molar-refractivity contribution is 0.0693. The molecule has 0 fully saturated rings. The van der Waals surface area contributed by atoms with Gasteiger partial charge in [0.2, 0.25) is 0 Å². The predicted molar refractivity (Wildman–Crippen MR) is 106 cm³/mol. The van der Waals surface area contributed by atoms with E-state index in [2.05, 4.69) is 30.3 Å². The summed E-state index contributed by atoms with van der Waals surface area (Å²) in [7, 11) is 0. The van der Waals surface area contributed by atoms with Gasteiger partial charge in [-0.25, -0.2) is 4.79 Å². The molecule has 130 valence electrons. The average molecular weight is 352 g/mol. The van der Waals surface area contributed by atoms with Crippen LogP contribution in [0.3, 0.4) is 0 Å². The molecule has 0 aliphatic rings. The first-order valence-corrected chi connectivity index (χ1v) is 8.60. The van der Waals surface area contributed by atoms with Gasteiger partial charge < -0.3 is 5.11 Å². The fourth-order valence-electron chi connectivity index (χ4n) is 3.21. The third-order valence-electron chi connectivity index (χ3n) is 4.63. The van der Waals surface area contributed by atoms with Crippen LogP contribution in [0.5, 0.6) is 0 Å². The number of carboxylic acids is 1. The second kappa shape index (κ2) is 6.89. The number of carbonyl (C=O) groups excluding carboxylic acids is 1. The van der Waals surface area contributed by atoms with Crippen LogP contribution in [0.1, 0.15) is 26.3 Å². The Bertz CT molecular complexity index is 1160. The zero-order chi connectivity index (χ0) is 18.8. The molecule has 0 unspecified atom stereocenters. The highest BCUT2D eigenvalue weighted by Crippen LogP contribution is 2.25. The van der Waals surface area contributed by atoms with Crippen LogP contribution in [0.15, 0.2) is 91.0 Å². The minimum Gasteiger partial charge on any atom is -0.478 e. The largest absolute Gasteiger partial charge is 0.478 e. The van der Waals surface area contributed by atoms with Gasteiger partial charge in [0, 0.05) is 11.1 Å². The van der Waals surface area contributed by atoms with Gasteiger partial charge in [0.05, 0.1) is 5.56 Å². The molecule has 4 rings (SSSR count). The summed E-state index contributed by atoms with van der Waals surface area (Å²) >= 11 is 0. The van der Waals surface area contributed by atoms with Crippen molar-refractivity contribution in [1.82, 2.24) is 0 Å². The summed E-state index contributed by atoms with van der Waals surface area (Å²) in [5, 5.41) is 11.6. The number of hydrogen-bond acceptors (Lipinski definition) is 2. The Kier molecular flexibility index (Phi) is 4.27. The topological polar surface area (TPSA) is 54.4 Å². The fourth-order valence-corrected chi connectivity index (χ4v) is 3.21. The molecule has 0 aromatic heterocycles. The van der Waals surface area contributed by atoms with Crippen LogP contribution in [0.4, 0.5) is 0 Å². The first-order valence-electron chi connectivity index (χ1n) is 8.60. The lowest BCUT2D eigenvalue weighted by Crippen LogP contribution is -2.09. The van der Waals surface area contributed by atoms with E-state index in [0.717, 1.165) is 16.5 Å². The second-order valence-corrected chi connectivity index (χ2v) is 6.32. The van der Waals surface area contributed by atoms with Crippen LogP contribution >= 0.6 is 0 Å². The number of aromatic carboxylic acids is 1. The molecule has 0 radical (unpaired) electrons. The van der Waals surface area contributed by atoms with Crippen LogP contribution in [-0.2, 0) is 0 Å². The summed E-state index contributed by atoms with van der Waals surface area (Å²) in [6, 6.07) is 27.9. The van der Waals surface area contributed by atoms with Gasteiger partial charge in [0.25, 0.3) is 0 Å². The Morgan fingerprint density at radius 2 is 1.19 bits per heavy atom. The van der Waals surface area contributed by atoms with Crippen LogP contribution in [0.2, 0.25) is 0 Å². The zero-order valence-corrected chi connectivity index (χ0v) is 14.4. The van der Waals surface area contributed by atoms with Crippen molar-refractivity contribution in [3.8, 4) is 11.1 Å². The molecule has 3 nitrogen and oxygen atoms in total. The average Bonchev–Trinajstić information content (AvgIpc) is 2.73. The van der Waals surface area contributed by atoms with E-state index in [4.69, 9.17) is 0 Å². The molecule has 1 N–H and O–H groups in total. The highest BCUT2D eigenvalue weighted by atomic mass is 16.4. The van der Waals surface area contributed by atoms with E-state index >= 15 is 0 Å². The normalized spacial score (nSPS) is 10.7. The molecule has 0 aliphatic carbocycles. The predicted octanol–water partition coefficient (Wildman–Crippen LogP) is 5.44. The van der Waals surface area contributed by atoms with Crippen molar-refractivity contribution in [3.05, 3.63) is 108 Å². The Morgan fingerprint density at radius 1 is 0.593 bits per heavy atom. The maximum absolute atomic E-state index is 12.7. The van der Waals surface area contributed by atoms with E-state index in [0.29, 0.717) is 5.56 Å². The van der Waals surface area contributed by atoms with E-state index in [1.165, 1.54) is 11.5 Å². The van der Waals surface area contributed by atoms with Crippen LogP contribution in [0, 0.1) is 0 Å². The van der Waals surface area contributed by atoms with Crippen molar-refractivity contribution in [3.63, 3.8) is 0 Å². The molecule has 0 heterocycles. The molecule has 0 atom stereocenters. The third-order valence-corrected chi connectivity index (χ3v) is 4.63. The lowest BCUT2D eigenvalue weighted by atomic mass is 9.96. The number of ketones is 1. The van der Waals surface area contributed by atoms with Crippen LogP contribution in [-0.4, -0.2) is 16.9 Å². The number of fused-ring (bicyclic) bond motifs is 1. The zero-order valence-electron chi connectivity index (χ0n) is 14.4. The summed E-state index contributed by atoms with van der Waals surface area (Å²) in [5.74, 6) is -1.40. The SMILES string of the molecule is O=C(O)c1ccccc1C(=O)c1ccc(-c2ccc3ccccc3c2)cc1.